The number of anilines is 1. The molecule has 1 fully saturated rings. The Morgan fingerprint density at radius 2 is 1.86 bits per heavy atom. The van der Waals surface area contributed by atoms with E-state index in [1.54, 1.807) is 0 Å². The van der Waals surface area contributed by atoms with Crippen LogP contribution in [-0.2, 0) is 11.0 Å². The van der Waals surface area contributed by atoms with Gasteiger partial charge in [0, 0.05) is 0 Å². The average Bonchev–Trinajstić information content (AvgIpc) is 2.87. The van der Waals surface area contributed by atoms with E-state index in [9.17, 15) is 33.0 Å². The lowest BCUT2D eigenvalue weighted by Gasteiger charge is -2.16. The molecule has 1 amide bonds. The van der Waals surface area contributed by atoms with Crippen LogP contribution in [0.1, 0.15) is 21.5 Å². The minimum Gasteiger partial charge on any atom is -0.507 e. The Balaban J connectivity index is 2.01. The number of rotatable bonds is 3. The molecule has 1 aliphatic heterocycles. The normalized spacial score (nSPS) is 16.1. The van der Waals surface area contributed by atoms with Crippen LogP contribution in [0.4, 0.5) is 18.9 Å². The van der Waals surface area contributed by atoms with E-state index in [2.05, 4.69) is 0 Å². The first-order chi connectivity index (χ1) is 13.1. The summed E-state index contributed by atoms with van der Waals surface area (Å²) < 4.78 is 38.8. The van der Waals surface area contributed by atoms with Crippen molar-refractivity contribution in [3.8, 4) is 5.75 Å². The molecule has 3 rings (SSSR count). The van der Waals surface area contributed by atoms with Crippen molar-refractivity contribution in [2.75, 3.05) is 4.90 Å². The Labute approximate surface area is 166 Å². The van der Waals surface area contributed by atoms with Crippen molar-refractivity contribution in [2.24, 2.45) is 0 Å². The topological polar surface area (TPSA) is 77.8 Å². The van der Waals surface area contributed by atoms with Gasteiger partial charge in [0.2, 0.25) is 0 Å². The van der Waals surface area contributed by atoms with Crippen LogP contribution >= 0.6 is 24.0 Å². The van der Waals surface area contributed by atoms with E-state index in [1.165, 1.54) is 30.3 Å². The summed E-state index contributed by atoms with van der Waals surface area (Å²) in [4.78, 5) is 25.0. The number of aromatic hydroxyl groups is 1. The zero-order chi connectivity index (χ0) is 20.6. The van der Waals surface area contributed by atoms with Gasteiger partial charge < -0.3 is 10.2 Å². The summed E-state index contributed by atoms with van der Waals surface area (Å²) in [6, 6.07) is 8.15. The highest BCUT2D eigenvalue weighted by Crippen LogP contribution is 2.39. The summed E-state index contributed by atoms with van der Waals surface area (Å²) in [7, 11) is 0. The number of carbonyl (C=O) groups is 2. The fraction of sp³-hybridized carbons (Fsp3) is 0.0556. The molecular formula is C18H10F3NO4S2. The van der Waals surface area contributed by atoms with Gasteiger partial charge in [-0.05, 0) is 35.9 Å². The molecule has 2 N–H and O–H groups in total. The van der Waals surface area contributed by atoms with Gasteiger partial charge in [-0.1, -0.05) is 42.2 Å². The highest BCUT2D eigenvalue weighted by molar-refractivity contribution is 8.27. The lowest BCUT2D eigenvalue weighted by Crippen LogP contribution is -2.27. The summed E-state index contributed by atoms with van der Waals surface area (Å²) >= 11 is 5.94. The summed E-state index contributed by atoms with van der Waals surface area (Å²) in [5.41, 5.74) is -1.30. The Morgan fingerprint density at radius 1 is 1.18 bits per heavy atom. The van der Waals surface area contributed by atoms with Crippen molar-refractivity contribution >= 4 is 51.9 Å². The third kappa shape index (κ3) is 3.73. The number of alkyl halides is 3. The first-order valence-corrected chi connectivity index (χ1v) is 8.82. The number of thiocarbonyl (C=S) groups is 1. The highest BCUT2D eigenvalue weighted by Gasteiger charge is 2.36. The third-order valence-electron chi connectivity index (χ3n) is 3.80. The van der Waals surface area contributed by atoms with Crippen molar-refractivity contribution in [1.82, 2.24) is 0 Å². The number of hydrogen-bond acceptors (Lipinski definition) is 5. The maximum Gasteiger partial charge on any atom is 0.416 e. The van der Waals surface area contributed by atoms with Gasteiger partial charge in [0.1, 0.15) is 11.3 Å². The fourth-order valence-corrected chi connectivity index (χ4v) is 3.85. The molecule has 1 saturated heterocycles. The molecule has 0 unspecified atom stereocenters. The number of amides is 1. The second kappa shape index (κ2) is 7.28. The molecule has 1 heterocycles. The molecule has 0 saturated carbocycles. The Kier molecular flexibility index (Phi) is 5.18. The van der Waals surface area contributed by atoms with Gasteiger partial charge in [0.25, 0.3) is 5.91 Å². The monoisotopic (exact) mass is 425 g/mol. The van der Waals surface area contributed by atoms with E-state index >= 15 is 0 Å². The molecule has 0 radical (unpaired) electrons. The maximum absolute atomic E-state index is 12.9. The molecule has 5 nitrogen and oxygen atoms in total. The summed E-state index contributed by atoms with van der Waals surface area (Å²) in [5, 5.41) is 19.0. The molecule has 0 spiro atoms. The van der Waals surface area contributed by atoms with Crippen molar-refractivity contribution in [2.45, 2.75) is 6.18 Å². The largest absolute Gasteiger partial charge is 0.507 e. The quantitative estimate of drug-likeness (QED) is 0.556. The molecule has 0 aliphatic carbocycles. The van der Waals surface area contributed by atoms with Crippen LogP contribution in [0.3, 0.4) is 0 Å². The molecule has 2 aromatic rings. The molecule has 144 valence electrons. The number of thioether (sulfide) groups is 1. The smallest absolute Gasteiger partial charge is 0.416 e. The van der Waals surface area contributed by atoms with Crippen LogP contribution in [0.15, 0.2) is 47.4 Å². The SMILES string of the molecule is O=C(O)c1c(O)cccc1C=C1SC(=S)N(c2cccc(C(F)(F)F)c2)C1=O. The van der Waals surface area contributed by atoms with Gasteiger partial charge in [-0.25, -0.2) is 4.79 Å². The predicted octanol–water partition coefficient (Wildman–Crippen LogP) is 4.52. The summed E-state index contributed by atoms with van der Waals surface area (Å²) in [5.74, 6) is -2.55. The lowest BCUT2D eigenvalue weighted by molar-refractivity contribution is -0.137. The number of carbonyl (C=O) groups excluding carboxylic acids is 1. The number of phenols is 1. The van der Waals surface area contributed by atoms with Gasteiger partial charge >= 0.3 is 12.1 Å². The average molecular weight is 425 g/mol. The minimum absolute atomic E-state index is 0.00704. The van der Waals surface area contributed by atoms with E-state index in [-0.39, 0.29) is 20.5 Å². The second-order valence-electron chi connectivity index (χ2n) is 5.61. The molecule has 0 aromatic heterocycles. The first-order valence-electron chi connectivity index (χ1n) is 7.60. The number of halogens is 3. The zero-order valence-corrected chi connectivity index (χ0v) is 15.4. The fourth-order valence-electron chi connectivity index (χ4n) is 2.56. The number of carboxylic acids is 1. The van der Waals surface area contributed by atoms with Crippen LogP contribution in [0.25, 0.3) is 6.08 Å². The lowest BCUT2D eigenvalue weighted by atomic mass is 10.1. The maximum atomic E-state index is 12.9. The Morgan fingerprint density at radius 3 is 2.50 bits per heavy atom. The van der Waals surface area contributed by atoms with Crippen LogP contribution in [0, 0.1) is 0 Å². The van der Waals surface area contributed by atoms with Gasteiger partial charge in [-0.2, -0.15) is 13.2 Å². The molecule has 1 aliphatic rings. The Bertz CT molecular complexity index is 1030. The van der Waals surface area contributed by atoms with Crippen LogP contribution in [0.2, 0.25) is 0 Å². The summed E-state index contributed by atoms with van der Waals surface area (Å²) in [6.07, 6.45) is -3.35. The van der Waals surface area contributed by atoms with Crippen LogP contribution in [0.5, 0.6) is 5.75 Å². The summed E-state index contributed by atoms with van der Waals surface area (Å²) in [6.45, 7) is 0. The van der Waals surface area contributed by atoms with Gasteiger partial charge in [-0.3, -0.25) is 9.69 Å². The minimum atomic E-state index is -4.58. The number of carboxylic acid groups (broad SMARTS) is 1. The Hall–Kier alpha value is -2.85. The van der Waals surface area contributed by atoms with E-state index in [1.807, 2.05) is 0 Å². The van der Waals surface area contributed by atoms with Crippen molar-refractivity contribution in [3.05, 3.63) is 64.1 Å². The van der Waals surface area contributed by atoms with E-state index in [0.717, 1.165) is 34.9 Å². The molecule has 10 heteroatoms. The standard InChI is InChI=1S/C18H10F3NO4S2/c19-18(20,21)10-4-2-5-11(8-10)22-15(24)13(28-17(22)27)7-9-3-1-6-12(23)14(9)16(25)26/h1-8,23H,(H,25,26). The molecular weight excluding hydrogens is 415 g/mol. The number of nitrogens with zero attached hydrogens (tertiary/aromatic N) is 1. The number of aromatic carboxylic acids is 1. The van der Waals surface area contributed by atoms with E-state index in [0.29, 0.717) is 0 Å². The highest BCUT2D eigenvalue weighted by atomic mass is 32.2. The first kappa shape index (κ1) is 19.9. The van der Waals surface area contributed by atoms with Gasteiger partial charge in [0.15, 0.2) is 4.32 Å². The number of benzene rings is 2. The molecule has 0 atom stereocenters. The van der Waals surface area contributed by atoms with Crippen LogP contribution in [-0.4, -0.2) is 26.4 Å². The molecule has 0 bridgehead atoms. The predicted molar refractivity (Wildman–Crippen MR) is 102 cm³/mol. The number of hydrogen-bond donors (Lipinski definition) is 2. The van der Waals surface area contributed by atoms with Gasteiger partial charge in [0.05, 0.1) is 16.2 Å². The van der Waals surface area contributed by atoms with Crippen molar-refractivity contribution < 1.29 is 33.0 Å². The van der Waals surface area contributed by atoms with E-state index in [4.69, 9.17) is 12.2 Å². The van der Waals surface area contributed by atoms with E-state index < -0.39 is 34.9 Å². The second-order valence-corrected chi connectivity index (χ2v) is 7.29. The van der Waals surface area contributed by atoms with Crippen LogP contribution < -0.4 is 4.90 Å². The molecule has 2 aromatic carbocycles. The molecule has 28 heavy (non-hydrogen) atoms. The zero-order valence-electron chi connectivity index (χ0n) is 13.7. The third-order valence-corrected chi connectivity index (χ3v) is 5.10. The van der Waals surface area contributed by atoms with Gasteiger partial charge in [-0.15, -0.1) is 0 Å². The van der Waals surface area contributed by atoms with Crippen molar-refractivity contribution in [3.63, 3.8) is 0 Å². The van der Waals surface area contributed by atoms with Crippen molar-refractivity contribution in [1.29, 1.82) is 0 Å².